The van der Waals surface area contributed by atoms with E-state index in [1.54, 1.807) is 21.3 Å². The highest BCUT2D eigenvalue weighted by atomic mass is 28.3. The molecule has 0 atom stereocenters. The largest absolute Gasteiger partial charge is 0.422 e. The molecule has 0 fully saturated rings. The van der Waals surface area contributed by atoms with Gasteiger partial charge in [-0.05, 0) is 12.1 Å². The average Bonchev–Trinajstić information content (AvgIpc) is 2.45. The van der Waals surface area contributed by atoms with Crippen molar-refractivity contribution >= 4 is 19.0 Å². The maximum absolute atomic E-state index is 5.39. The van der Waals surface area contributed by atoms with Crippen LogP contribution < -0.4 is 0 Å². The summed E-state index contributed by atoms with van der Waals surface area (Å²) in [6.07, 6.45) is 5.09. The van der Waals surface area contributed by atoms with Gasteiger partial charge in [-0.2, -0.15) is 0 Å². The zero-order valence-corrected chi connectivity index (χ0v) is 16.1. The lowest BCUT2D eigenvalue weighted by Gasteiger charge is -2.08. The van der Waals surface area contributed by atoms with Crippen molar-refractivity contribution in [2.24, 2.45) is 0 Å². The van der Waals surface area contributed by atoms with Crippen LogP contribution in [0.2, 0.25) is 12.1 Å². The number of unbranched alkanes of at least 4 members (excludes halogenated alkanes) is 2. The van der Waals surface area contributed by atoms with Gasteiger partial charge in [0.2, 0.25) is 0 Å². The lowest BCUT2D eigenvalue weighted by atomic mass is 10.4. The zero-order valence-electron chi connectivity index (χ0n) is 13.6. The van der Waals surface area contributed by atoms with Crippen LogP contribution in [0.25, 0.3) is 0 Å². The molecule has 0 bridgehead atoms. The Bertz CT molecular complexity index is 139. The van der Waals surface area contributed by atoms with Crippen molar-refractivity contribution in [3.63, 3.8) is 0 Å². The van der Waals surface area contributed by atoms with E-state index >= 15 is 0 Å². The quantitative estimate of drug-likeness (QED) is 0.409. The predicted molar refractivity (Wildman–Crippen MR) is 87.0 cm³/mol. The maximum Gasteiger partial charge on any atom is 0.320 e. The summed E-state index contributed by atoms with van der Waals surface area (Å²) in [6.45, 7) is 5.94. The van der Waals surface area contributed by atoms with E-state index in [0.717, 1.165) is 19.3 Å². The first-order valence-corrected chi connectivity index (χ1v) is 10.7. The minimum absolute atomic E-state index is 0.200. The Kier molecular flexibility index (Phi) is 23.4. The highest BCUT2D eigenvalue weighted by Crippen LogP contribution is 2.01. The molecule has 0 N–H and O–H groups in total. The van der Waals surface area contributed by atoms with E-state index in [0.29, 0.717) is 0 Å². The second-order valence-electron chi connectivity index (χ2n) is 4.36. The third kappa shape index (κ3) is 20.7. The maximum atomic E-state index is 5.39. The minimum Gasteiger partial charge on any atom is -0.422 e. The fraction of sp³-hybridized carbons (Fsp3) is 1.00. The fourth-order valence-electron chi connectivity index (χ4n) is 1.40. The van der Waals surface area contributed by atoms with Crippen molar-refractivity contribution in [3.8, 4) is 0 Å². The lowest BCUT2D eigenvalue weighted by molar-refractivity contribution is 0.149. The van der Waals surface area contributed by atoms with Crippen LogP contribution in [0.1, 0.15) is 39.5 Å². The highest BCUT2D eigenvalue weighted by molar-refractivity contribution is 6.44. The van der Waals surface area contributed by atoms with Crippen LogP contribution in [0.4, 0.5) is 0 Å². The van der Waals surface area contributed by atoms with Crippen LogP contribution >= 0.6 is 0 Å². The molecular formula is C13H34O4Si2. The number of rotatable bonds is 12. The van der Waals surface area contributed by atoms with Crippen LogP contribution in [0.15, 0.2) is 0 Å². The third-order valence-corrected chi connectivity index (χ3v) is 5.94. The Morgan fingerprint density at radius 2 is 1.53 bits per heavy atom. The number of methoxy groups -OCH3 is 1. The minimum atomic E-state index is -1.21. The van der Waals surface area contributed by atoms with Gasteiger partial charge in [0, 0.05) is 21.3 Å². The molecule has 0 aromatic heterocycles. The van der Waals surface area contributed by atoms with E-state index in [2.05, 4.69) is 13.8 Å². The second-order valence-corrected chi connectivity index (χ2v) is 8.26. The van der Waals surface area contributed by atoms with Crippen LogP contribution in [0, 0.1) is 0 Å². The van der Waals surface area contributed by atoms with E-state index in [1.807, 2.05) is 0 Å². The van der Waals surface area contributed by atoms with Crippen LogP contribution in [-0.4, -0.2) is 53.6 Å². The van der Waals surface area contributed by atoms with Gasteiger partial charge < -0.3 is 18.0 Å². The van der Waals surface area contributed by atoms with E-state index in [4.69, 9.17) is 18.0 Å². The summed E-state index contributed by atoms with van der Waals surface area (Å²) in [4.78, 5) is 0. The second kappa shape index (κ2) is 20.6. The van der Waals surface area contributed by atoms with Crippen LogP contribution in [0.5, 0.6) is 0 Å². The van der Waals surface area contributed by atoms with Gasteiger partial charge in [-0.15, -0.1) is 0 Å². The molecule has 19 heavy (non-hydrogen) atoms. The molecule has 0 radical (unpaired) electrons. The molecule has 0 aliphatic carbocycles. The van der Waals surface area contributed by atoms with Crippen molar-refractivity contribution in [1.29, 1.82) is 0 Å². The number of hydrogen-bond donors (Lipinski definition) is 0. The molecule has 0 saturated heterocycles. The fourth-order valence-corrected chi connectivity index (χ4v) is 4.04. The summed E-state index contributed by atoms with van der Waals surface area (Å²) in [7, 11) is 3.76. The molecule has 4 nitrogen and oxygen atoms in total. The number of hydrogen-bond acceptors (Lipinski definition) is 4. The van der Waals surface area contributed by atoms with Gasteiger partial charge in [-0.1, -0.05) is 39.5 Å². The molecule has 118 valence electrons. The molecular weight excluding hydrogens is 276 g/mol. The Hall–Kier alpha value is 0.274. The summed E-state index contributed by atoms with van der Waals surface area (Å²) < 4.78 is 20.5. The highest BCUT2D eigenvalue weighted by Gasteiger charge is 2.06. The van der Waals surface area contributed by atoms with E-state index in [9.17, 15) is 0 Å². The molecule has 0 aromatic rings. The van der Waals surface area contributed by atoms with Gasteiger partial charge in [-0.25, -0.2) is 0 Å². The normalized spacial score (nSPS) is 11.1. The van der Waals surface area contributed by atoms with Crippen molar-refractivity contribution in [1.82, 2.24) is 0 Å². The topological polar surface area (TPSA) is 36.9 Å². The van der Waals surface area contributed by atoms with Crippen molar-refractivity contribution < 1.29 is 18.0 Å². The number of ether oxygens (including phenoxy) is 1. The Morgan fingerprint density at radius 3 is 2.00 bits per heavy atom. The van der Waals surface area contributed by atoms with Gasteiger partial charge in [0.15, 0.2) is 9.76 Å². The SMILES string of the molecule is CCCC[SiH2]OCCOC.CCCC[SiH](OC)OC. The third-order valence-electron chi connectivity index (χ3n) is 2.64. The Balaban J connectivity index is 0. The molecule has 0 heterocycles. The molecule has 0 saturated carbocycles. The average molecular weight is 311 g/mol. The molecule has 0 aliphatic heterocycles. The van der Waals surface area contributed by atoms with Crippen molar-refractivity contribution in [3.05, 3.63) is 0 Å². The summed E-state index contributed by atoms with van der Waals surface area (Å²) >= 11 is 0. The standard InChI is InChI=1S/C7H18O2Si.C6H16O2Si/c1-3-4-7-10-9-6-5-8-2;1-4-5-6-9(7-2)8-3/h3-7,10H2,1-2H3;9H,4-6H2,1-3H3. The summed E-state index contributed by atoms with van der Waals surface area (Å²) in [6, 6.07) is 2.46. The molecule has 0 aromatic carbocycles. The molecule has 0 unspecified atom stereocenters. The van der Waals surface area contributed by atoms with Crippen LogP contribution in [0.3, 0.4) is 0 Å². The van der Waals surface area contributed by atoms with Gasteiger partial charge in [0.05, 0.1) is 13.2 Å². The monoisotopic (exact) mass is 310 g/mol. The van der Waals surface area contributed by atoms with Gasteiger partial charge in [0.1, 0.15) is 0 Å². The van der Waals surface area contributed by atoms with Crippen molar-refractivity contribution in [2.75, 3.05) is 34.5 Å². The van der Waals surface area contributed by atoms with Crippen LogP contribution in [-0.2, 0) is 18.0 Å². The van der Waals surface area contributed by atoms with Gasteiger partial charge in [0.25, 0.3) is 0 Å². The summed E-state index contributed by atoms with van der Waals surface area (Å²) in [5, 5.41) is 0. The first-order valence-electron chi connectivity index (χ1n) is 7.38. The molecule has 0 rings (SSSR count). The summed E-state index contributed by atoms with van der Waals surface area (Å²) in [5.74, 6) is 0. The van der Waals surface area contributed by atoms with Gasteiger partial charge >= 0.3 is 9.28 Å². The van der Waals surface area contributed by atoms with E-state index in [1.165, 1.54) is 31.7 Å². The smallest absolute Gasteiger partial charge is 0.320 e. The first-order chi connectivity index (χ1) is 9.26. The van der Waals surface area contributed by atoms with Gasteiger partial charge in [-0.3, -0.25) is 0 Å². The van der Waals surface area contributed by atoms with Crippen molar-refractivity contribution in [2.45, 2.75) is 51.6 Å². The first kappa shape index (κ1) is 21.6. The van der Waals surface area contributed by atoms with E-state index in [-0.39, 0.29) is 9.76 Å². The molecule has 0 aliphatic rings. The molecule has 6 heteroatoms. The Labute approximate surface area is 124 Å². The molecule has 0 amide bonds. The Morgan fingerprint density at radius 1 is 0.895 bits per heavy atom. The van der Waals surface area contributed by atoms with E-state index < -0.39 is 9.28 Å². The molecule has 0 spiro atoms. The summed E-state index contributed by atoms with van der Waals surface area (Å²) in [5.41, 5.74) is 0. The zero-order chi connectivity index (χ0) is 14.8. The predicted octanol–water partition coefficient (Wildman–Crippen LogP) is 2.25. The lowest BCUT2D eigenvalue weighted by Crippen LogP contribution is -2.18.